The molecule has 0 fully saturated rings. The lowest BCUT2D eigenvalue weighted by atomic mass is 10.2. The third-order valence-corrected chi connectivity index (χ3v) is 3.12. The molecular weight excluding hydrogens is 286 g/mol. The van der Waals surface area contributed by atoms with Gasteiger partial charge in [-0.25, -0.2) is 15.0 Å². The third kappa shape index (κ3) is 4.03. The number of hydrogen-bond donors (Lipinski definition) is 2. The summed E-state index contributed by atoms with van der Waals surface area (Å²) in [5.74, 6) is 2.92. The summed E-state index contributed by atoms with van der Waals surface area (Å²) >= 11 is 0. The van der Waals surface area contributed by atoms with Gasteiger partial charge < -0.3 is 10.6 Å². The fourth-order valence-corrected chi connectivity index (χ4v) is 2.17. The van der Waals surface area contributed by atoms with Crippen molar-refractivity contribution in [1.29, 1.82) is 0 Å². The van der Waals surface area contributed by atoms with Gasteiger partial charge in [-0.05, 0) is 26.0 Å². The highest BCUT2D eigenvalue weighted by Gasteiger charge is 2.08. The minimum absolute atomic E-state index is 0.288. The Bertz CT molecular complexity index is 757. The highest BCUT2D eigenvalue weighted by Crippen LogP contribution is 2.22. The molecule has 0 atom stereocenters. The minimum atomic E-state index is 0.288. The first-order valence-corrected chi connectivity index (χ1v) is 7.60. The fraction of sp³-hybridized carbons (Fsp3) is 0.167. The van der Waals surface area contributed by atoms with Crippen molar-refractivity contribution in [3.05, 3.63) is 60.8 Å². The van der Waals surface area contributed by atoms with E-state index in [0.29, 0.717) is 11.6 Å². The molecule has 0 unspecified atom stereocenters. The van der Waals surface area contributed by atoms with Crippen LogP contribution >= 0.6 is 0 Å². The van der Waals surface area contributed by atoms with Crippen molar-refractivity contribution in [1.82, 2.24) is 15.0 Å². The summed E-state index contributed by atoms with van der Waals surface area (Å²) in [6.07, 6.45) is 1.74. The molecule has 2 N–H and O–H groups in total. The first-order valence-electron chi connectivity index (χ1n) is 7.60. The first kappa shape index (κ1) is 15.0. The van der Waals surface area contributed by atoms with E-state index in [9.17, 15) is 0 Å². The van der Waals surface area contributed by atoms with Crippen LogP contribution in [0.4, 0.5) is 17.5 Å². The maximum absolute atomic E-state index is 4.60. The second kappa shape index (κ2) is 6.87. The normalized spacial score (nSPS) is 10.6. The van der Waals surface area contributed by atoms with E-state index in [2.05, 4.69) is 39.4 Å². The Balaban J connectivity index is 1.98. The van der Waals surface area contributed by atoms with Crippen LogP contribution in [0.3, 0.4) is 0 Å². The van der Waals surface area contributed by atoms with Gasteiger partial charge in [0.15, 0.2) is 5.82 Å². The number of aromatic nitrogens is 3. The maximum atomic E-state index is 4.60. The number of rotatable bonds is 5. The van der Waals surface area contributed by atoms with Crippen LogP contribution in [0.25, 0.3) is 11.4 Å². The second-order valence-corrected chi connectivity index (χ2v) is 5.47. The highest BCUT2D eigenvalue weighted by molar-refractivity contribution is 5.63. The molecule has 1 aromatic carbocycles. The molecule has 0 aliphatic heterocycles. The van der Waals surface area contributed by atoms with Crippen LogP contribution in [0.2, 0.25) is 0 Å². The molecule has 5 nitrogen and oxygen atoms in total. The van der Waals surface area contributed by atoms with Crippen LogP contribution in [-0.2, 0) is 0 Å². The quantitative estimate of drug-likeness (QED) is 0.743. The van der Waals surface area contributed by atoms with Crippen LogP contribution < -0.4 is 10.6 Å². The smallest absolute Gasteiger partial charge is 0.163 e. The lowest BCUT2D eigenvalue weighted by Crippen LogP contribution is -2.12. The average molecular weight is 305 g/mol. The van der Waals surface area contributed by atoms with E-state index in [0.717, 1.165) is 17.2 Å². The van der Waals surface area contributed by atoms with Gasteiger partial charge in [0.25, 0.3) is 0 Å². The Kier molecular flexibility index (Phi) is 4.47. The van der Waals surface area contributed by atoms with Gasteiger partial charge in [0.2, 0.25) is 0 Å². The molecule has 23 heavy (non-hydrogen) atoms. The number of benzene rings is 1. The number of pyridine rings is 1. The van der Waals surface area contributed by atoms with E-state index < -0.39 is 0 Å². The number of hydrogen-bond acceptors (Lipinski definition) is 5. The summed E-state index contributed by atoms with van der Waals surface area (Å²) < 4.78 is 0. The number of nitrogens with zero attached hydrogens (tertiary/aromatic N) is 3. The molecule has 5 heteroatoms. The van der Waals surface area contributed by atoms with Gasteiger partial charge in [-0.2, -0.15) is 0 Å². The Morgan fingerprint density at radius 2 is 1.57 bits per heavy atom. The van der Waals surface area contributed by atoms with Gasteiger partial charge in [0, 0.05) is 23.9 Å². The molecule has 0 aliphatic rings. The zero-order valence-corrected chi connectivity index (χ0v) is 13.2. The molecule has 2 heterocycles. The summed E-state index contributed by atoms with van der Waals surface area (Å²) in [5, 5.41) is 6.56. The van der Waals surface area contributed by atoms with Crippen LogP contribution in [0.1, 0.15) is 13.8 Å². The Morgan fingerprint density at radius 3 is 2.26 bits per heavy atom. The molecule has 0 saturated carbocycles. The molecule has 0 amide bonds. The van der Waals surface area contributed by atoms with Crippen LogP contribution in [-0.4, -0.2) is 21.0 Å². The Hall–Kier alpha value is -2.95. The Labute approximate surface area is 135 Å². The van der Waals surface area contributed by atoms with E-state index in [1.54, 1.807) is 6.20 Å². The molecule has 116 valence electrons. The molecule has 0 bridgehead atoms. The molecule has 3 aromatic rings. The van der Waals surface area contributed by atoms with Gasteiger partial charge in [-0.3, -0.25) is 0 Å². The molecule has 3 rings (SSSR count). The summed E-state index contributed by atoms with van der Waals surface area (Å²) in [4.78, 5) is 13.5. The van der Waals surface area contributed by atoms with Gasteiger partial charge in [-0.15, -0.1) is 0 Å². The summed E-state index contributed by atoms with van der Waals surface area (Å²) in [6.45, 7) is 4.16. The zero-order valence-electron chi connectivity index (χ0n) is 13.2. The monoisotopic (exact) mass is 305 g/mol. The first-order chi connectivity index (χ1) is 11.2. The predicted molar refractivity (Wildman–Crippen MR) is 93.7 cm³/mol. The predicted octanol–water partition coefficient (Wildman–Crippen LogP) is 4.10. The van der Waals surface area contributed by atoms with E-state index in [1.807, 2.05) is 54.6 Å². The molecule has 0 saturated heterocycles. The van der Waals surface area contributed by atoms with Crippen molar-refractivity contribution in [2.75, 3.05) is 10.6 Å². The zero-order chi connectivity index (χ0) is 16.1. The molecular formula is C18H19N5. The highest BCUT2D eigenvalue weighted by atomic mass is 15.1. The van der Waals surface area contributed by atoms with Gasteiger partial charge in [-0.1, -0.05) is 36.4 Å². The minimum Gasteiger partial charge on any atom is -0.368 e. The van der Waals surface area contributed by atoms with Gasteiger partial charge >= 0.3 is 0 Å². The fourth-order valence-electron chi connectivity index (χ4n) is 2.17. The number of anilines is 3. The van der Waals surface area contributed by atoms with E-state index in [-0.39, 0.29) is 6.04 Å². The van der Waals surface area contributed by atoms with E-state index in [4.69, 9.17) is 0 Å². The summed E-state index contributed by atoms with van der Waals surface area (Å²) in [7, 11) is 0. The molecule has 0 radical (unpaired) electrons. The van der Waals surface area contributed by atoms with Crippen molar-refractivity contribution < 1.29 is 0 Å². The lowest BCUT2D eigenvalue weighted by Gasteiger charge is -2.13. The largest absolute Gasteiger partial charge is 0.368 e. The van der Waals surface area contributed by atoms with Gasteiger partial charge in [0.05, 0.1) is 0 Å². The van der Waals surface area contributed by atoms with Gasteiger partial charge in [0.1, 0.15) is 17.5 Å². The summed E-state index contributed by atoms with van der Waals surface area (Å²) in [5.41, 5.74) is 0.976. The van der Waals surface area contributed by atoms with Crippen molar-refractivity contribution in [3.63, 3.8) is 0 Å². The van der Waals surface area contributed by atoms with Crippen LogP contribution in [0.5, 0.6) is 0 Å². The van der Waals surface area contributed by atoms with E-state index in [1.165, 1.54) is 0 Å². The number of nitrogens with one attached hydrogen (secondary N) is 2. The van der Waals surface area contributed by atoms with Crippen molar-refractivity contribution in [3.8, 4) is 11.4 Å². The van der Waals surface area contributed by atoms with E-state index >= 15 is 0 Å². The SMILES string of the molecule is CC(C)Nc1cc(Nc2ccccn2)nc(-c2ccccc2)n1. The second-order valence-electron chi connectivity index (χ2n) is 5.47. The van der Waals surface area contributed by atoms with Crippen molar-refractivity contribution >= 4 is 17.5 Å². The van der Waals surface area contributed by atoms with Crippen molar-refractivity contribution in [2.45, 2.75) is 19.9 Å². The maximum Gasteiger partial charge on any atom is 0.163 e. The topological polar surface area (TPSA) is 62.7 Å². The standard InChI is InChI=1S/C18H19N5/c1-13(2)20-16-12-17(21-15-10-6-7-11-19-15)23-18(22-16)14-8-4-3-5-9-14/h3-13H,1-2H3,(H2,19,20,21,22,23). The molecule has 0 spiro atoms. The average Bonchev–Trinajstić information content (AvgIpc) is 2.56. The third-order valence-electron chi connectivity index (χ3n) is 3.12. The summed E-state index contributed by atoms with van der Waals surface area (Å²) in [6, 6.07) is 17.8. The lowest BCUT2D eigenvalue weighted by molar-refractivity contribution is 0.887. The Morgan fingerprint density at radius 1 is 0.826 bits per heavy atom. The van der Waals surface area contributed by atoms with Crippen LogP contribution in [0, 0.1) is 0 Å². The molecule has 0 aliphatic carbocycles. The van der Waals surface area contributed by atoms with Crippen LogP contribution in [0.15, 0.2) is 60.8 Å². The molecule has 2 aromatic heterocycles. The van der Waals surface area contributed by atoms with Crippen molar-refractivity contribution in [2.24, 2.45) is 0 Å².